The summed E-state index contributed by atoms with van der Waals surface area (Å²) in [6.45, 7) is 0.451. The van der Waals surface area contributed by atoms with Gasteiger partial charge in [0.2, 0.25) is 15.9 Å². The van der Waals surface area contributed by atoms with Gasteiger partial charge in [-0.2, -0.15) is 0 Å². The molecule has 2 rings (SSSR count). The predicted molar refractivity (Wildman–Crippen MR) is 107 cm³/mol. The van der Waals surface area contributed by atoms with Crippen LogP contribution in [0.1, 0.15) is 27.9 Å². The molecule has 2 aromatic rings. The summed E-state index contributed by atoms with van der Waals surface area (Å²) in [5.41, 5.74) is 2.40. The van der Waals surface area contributed by atoms with E-state index in [1.54, 1.807) is 43.3 Å². The van der Waals surface area contributed by atoms with E-state index in [1.165, 1.54) is 19.2 Å². The van der Waals surface area contributed by atoms with Gasteiger partial charge < -0.3 is 10.2 Å². The number of benzene rings is 2. The van der Waals surface area contributed by atoms with Crippen LogP contribution in [-0.2, 0) is 27.8 Å². The highest BCUT2D eigenvalue weighted by Gasteiger charge is 2.13. The Morgan fingerprint density at radius 1 is 0.929 bits per heavy atom. The van der Waals surface area contributed by atoms with Crippen LogP contribution in [0.3, 0.4) is 0 Å². The quantitative estimate of drug-likeness (QED) is 0.699. The summed E-state index contributed by atoms with van der Waals surface area (Å²) >= 11 is 0. The van der Waals surface area contributed by atoms with Crippen molar-refractivity contribution in [2.75, 3.05) is 21.1 Å². The van der Waals surface area contributed by atoms with Crippen LogP contribution >= 0.6 is 0 Å². The van der Waals surface area contributed by atoms with Gasteiger partial charge >= 0.3 is 0 Å². The van der Waals surface area contributed by atoms with E-state index in [-0.39, 0.29) is 16.7 Å². The first kappa shape index (κ1) is 21.6. The Bertz CT molecular complexity index is 923. The van der Waals surface area contributed by atoms with E-state index in [1.807, 2.05) is 12.1 Å². The van der Waals surface area contributed by atoms with Crippen LogP contribution in [0.15, 0.2) is 53.4 Å². The Labute approximate surface area is 165 Å². The molecule has 0 heterocycles. The molecular weight excluding hydrogens is 378 g/mol. The average molecular weight is 404 g/mol. The number of nitrogens with zero attached hydrogens (tertiary/aromatic N) is 1. The monoisotopic (exact) mass is 403 g/mol. The van der Waals surface area contributed by atoms with Crippen LogP contribution < -0.4 is 10.0 Å². The fourth-order valence-electron chi connectivity index (χ4n) is 2.66. The van der Waals surface area contributed by atoms with Crippen molar-refractivity contribution in [2.45, 2.75) is 24.3 Å². The Kier molecular flexibility index (Phi) is 7.31. The van der Waals surface area contributed by atoms with Gasteiger partial charge in [-0.1, -0.05) is 24.3 Å². The lowest BCUT2D eigenvalue weighted by Crippen LogP contribution is -2.26. The molecule has 8 heteroatoms. The van der Waals surface area contributed by atoms with Crippen molar-refractivity contribution in [3.05, 3.63) is 65.2 Å². The molecule has 7 nitrogen and oxygen atoms in total. The lowest BCUT2D eigenvalue weighted by Gasteiger charge is -2.17. The third-order valence-corrected chi connectivity index (χ3v) is 5.85. The first-order valence-electron chi connectivity index (χ1n) is 8.84. The lowest BCUT2D eigenvalue weighted by molar-refractivity contribution is -0.130. The number of hydrogen-bond donors (Lipinski definition) is 2. The van der Waals surface area contributed by atoms with Crippen molar-refractivity contribution in [1.82, 2.24) is 14.9 Å². The van der Waals surface area contributed by atoms with Crippen molar-refractivity contribution >= 4 is 21.8 Å². The molecule has 2 amide bonds. The van der Waals surface area contributed by atoms with Crippen molar-refractivity contribution in [3.8, 4) is 0 Å². The van der Waals surface area contributed by atoms with Gasteiger partial charge in [-0.15, -0.1) is 0 Å². The average Bonchev–Trinajstić information content (AvgIpc) is 2.72. The van der Waals surface area contributed by atoms with Crippen molar-refractivity contribution in [3.63, 3.8) is 0 Å². The van der Waals surface area contributed by atoms with Crippen LogP contribution in [0.5, 0.6) is 0 Å². The highest BCUT2D eigenvalue weighted by atomic mass is 32.2. The molecule has 0 unspecified atom stereocenters. The zero-order chi connectivity index (χ0) is 20.7. The molecule has 0 spiro atoms. The second kappa shape index (κ2) is 9.48. The summed E-state index contributed by atoms with van der Waals surface area (Å²) < 4.78 is 25.7. The second-order valence-electron chi connectivity index (χ2n) is 6.38. The SMILES string of the molecule is CNC(=O)c1ccc(CN(C)C(=O)CCc2ccc(S(=O)(=O)NC)cc2)cc1. The second-order valence-corrected chi connectivity index (χ2v) is 8.26. The highest BCUT2D eigenvalue weighted by molar-refractivity contribution is 7.89. The smallest absolute Gasteiger partial charge is 0.251 e. The first-order valence-corrected chi connectivity index (χ1v) is 10.3. The summed E-state index contributed by atoms with van der Waals surface area (Å²) in [6, 6.07) is 13.6. The van der Waals surface area contributed by atoms with Crippen molar-refractivity contribution in [2.24, 2.45) is 0 Å². The summed E-state index contributed by atoms with van der Waals surface area (Å²) in [5.74, 6) is -0.160. The zero-order valence-electron chi connectivity index (χ0n) is 16.2. The first-order chi connectivity index (χ1) is 13.3. The minimum atomic E-state index is -3.45. The number of sulfonamides is 1. The van der Waals surface area contributed by atoms with E-state index in [9.17, 15) is 18.0 Å². The number of amides is 2. The van der Waals surface area contributed by atoms with Gasteiger partial charge in [-0.05, 0) is 48.9 Å². The number of nitrogens with one attached hydrogen (secondary N) is 2. The maximum atomic E-state index is 12.4. The number of aryl methyl sites for hydroxylation is 1. The summed E-state index contributed by atoms with van der Waals surface area (Å²) in [6.07, 6.45) is 0.851. The fourth-order valence-corrected chi connectivity index (χ4v) is 3.39. The molecule has 2 N–H and O–H groups in total. The molecule has 0 saturated carbocycles. The maximum Gasteiger partial charge on any atom is 0.251 e. The van der Waals surface area contributed by atoms with Gasteiger partial charge in [-0.3, -0.25) is 9.59 Å². The van der Waals surface area contributed by atoms with Crippen LogP contribution in [0.2, 0.25) is 0 Å². The Hall–Kier alpha value is -2.71. The van der Waals surface area contributed by atoms with Crippen LogP contribution in [-0.4, -0.2) is 46.3 Å². The predicted octanol–water partition coefficient (Wildman–Crippen LogP) is 1.55. The molecule has 0 bridgehead atoms. The van der Waals surface area contributed by atoms with Gasteiger partial charge in [0, 0.05) is 32.6 Å². The van der Waals surface area contributed by atoms with Crippen LogP contribution in [0.4, 0.5) is 0 Å². The van der Waals surface area contributed by atoms with E-state index in [0.29, 0.717) is 24.9 Å². The standard InChI is InChI=1S/C20H25N3O4S/c1-21-20(25)17-9-4-16(5-10-17)14-23(3)19(24)13-8-15-6-11-18(12-7-15)28(26,27)22-2/h4-7,9-12,22H,8,13-14H2,1-3H3,(H,21,25). The summed E-state index contributed by atoms with van der Waals surface area (Å²) in [5, 5.41) is 2.57. The molecule has 2 aromatic carbocycles. The van der Waals surface area contributed by atoms with Crippen molar-refractivity contribution in [1.29, 1.82) is 0 Å². The molecule has 0 saturated heterocycles. The zero-order valence-corrected chi connectivity index (χ0v) is 17.0. The number of rotatable bonds is 8. The van der Waals surface area contributed by atoms with E-state index in [4.69, 9.17) is 0 Å². The van der Waals surface area contributed by atoms with Gasteiger partial charge in [0.1, 0.15) is 0 Å². The molecular formula is C20H25N3O4S. The largest absolute Gasteiger partial charge is 0.355 e. The number of hydrogen-bond acceptors (Lipinski definition) is 4. The number of carbonyl (C=O) groups is 2. The van der Waals surface area contributed by atoms with Gasteiger partial charge in [-0.25, -0.2) is 13.1 Å². The molecule has 28 heavy (non-hydrogen) atoms. The van der Waals surface area contributed by atoms with Crippen LogP contribution in [0.25, 0.3) is 0 Å². The van der Waals surface area contributed by atoms with E-state index in [0.717, 1.165) is 11.1 Å². The number of carbonyl (C=O) groups excluding carboxylic acids is 2. The summed E-state index contributed by atoms with van der Waals surface area (Å²) in [7, 11) is 1.22. The Morgan fingerprint density at radius 2 is 1.50 bits per heavy atom. The minimum absolute atomic E-state index is 0.0118. The van der Waals surface area contributed by atoms with Crippen molar-refractivity contribution < 1.29 is 18.0 Å². The highest BCUT2D eigenvalue weighted by Crippen LogP contribution is 2.13. The van der Waals surface area contributed by atoms with E-state index < -0.39 is 10.0 Å². The molecule has 0 fully saturated rings. The Morgan fingerprint density at radius 3 is 2.04 bits per heavy atom. The third-order valence-electron chi connectivity index (χ3n) is 4.42. The van der Waals surface area contributed by atoms with E-state index in [2.05, 4.69) is 10.0 Å². The molecule has 0 aliphatic carbocycles. The topological polar surface area (TPSA) is 95.6 Å². The summed E-state index contributed by atoms with van der Waals surface area (Å²) in [4.78, 5) is 25.8. The van der Waals surface area contributed by atoms with E-state index >= 15 is 0 Å². The third kappa shape index (κ3) is 5.64. The minimum Gasteiger partial charge on any atom is -0.355 e. The van der Waals surface area contributed by atoms with Gasteiger partial charge in [0.15, 0.2) is 0 Å². The molecule has 0 radical (unpaired) electrons. The molecule has 0 aliphatic heterocycles. The van der Waals surface area contributed by atoms with Gasteiger partial charge in [0.05, 0.1) is 4.90 Å². The normalized spacial score (nSPS) is 11.1. The molecule has 0 atom stereocenters. The Balaban J connectivity index is 1.89. The molecule has 150 valence electrons. The fraction of sp³-hybridized carbons (Fsp3) is 0.300. The molecule has 0 aliphatic rings. The molecule has 0 aromatic heterocycles. The van der Waals surface area contributed by atoms with Crippen LogP contribution in [0, 0.1) is 0 Å². The van der Waals surface area contributed by atoms with Gasteiger partial charge in [0.25, 0.3) is 5.91 Å². The lowest BCUT2D eigenvalue weighted by atomic mass is 10.1. The maximum absolute atomic E-state index is 12.4.